The molecule has 1 amide bonds. The van der Waals surface area contributed by atoms with Crippen molar-refractivity contribution in [1.29, 1.82) is 0 Å². The van der Waals surface area contributed by atoms with Gasteiger partial charge in [0.1, 0.15) is 5.75 Å². The van der Waals surface area contributed by atoms with Crippen molar-refractivity contribution in [3.8, 4) is 23.0 Å². The van der Waals surface area contributed by atoms with Crippen molar-refractivity contribution >= 4 is 28.1 Å². The van der Waals surface area contributed by atoms with E-state index in [4.69, 9.17) is 18.9 Å². The quantitative estimate of drug-likeness (QED) is 0.425. The molecule has 0 unspecified atom stereocenters. The second kappa shape index (κ2) is 11.3. The van der Waals surface area contributed by atoms with Crippen molar-refractivity contribution in [2.24, 2.45) is 5.10 Å². The molecule has 156 valence electrons. The lowest BCUT2D eigenvalue weighted by Gasteiger charge is -2.12. The highest BCUT2D eigenvalue weighted by atomic mass is 79.9. The van der Waals surface area contributed by atoms with Crippen LogP contribution < -0.4 is 24.4 Å². The van der Waals surface area contributed by atoms with E-state index >= 15 is 0 Å². The maximum Gasteiger partial charge on any atom is 0.277 e. The molecule has 0 aliphatic rings. The predicted octanol–water partition coefficient (Wildman–Crippen LogP) is 3.96. The molecule has 2 aromatic rings. The van der Waals surface area contributed by atoms with E-state index in [9.17, 15) is 4.79 Å². The van der Waals surface area contributed by atoms with E-state index in [1.54, 1.807) is 12.1 Å². The number of amides is 1. The number of ether oxygens (including phenoxy) is 4. The summed E-state index contributed by atoms with van der Waals surface area (Å²) in [6.45, 7) is 1.97. The minimum Gasteiger partial charge on any atom is -0.493 e. The van der Waals surface area contributed by atoms with Crippen molar-refractivity contribution in [1.82, 2.24) is 5.43 Å². The number of hydrogen-bond donors (Lipinski definition) is 1. The smallest absolute Gasteiger partial charge is 0.277 e. The maximum absolute atomic E-state index is 12.0. The number of hydrogen-bond acceptors (Lipinski definition) is 6. The van der Waals surface area contributed by atoms with Crippen LogP contribution in [0.4, 0.5) is 0 Å². The van der Waals surface area contributed by atoms with Gasteiger partial charge in [-0.05, 0) is 52.2 Å². The van der Waals surface area contributed by atoms with Gasteiger partial charge in [0.25, 0.3) is 5.91 Å². The average Bonchev–Trinajstić information content (AvgIpc) is 2.72. The molecule has 0 radical (unpaired) electrons. The third-order valence-electron chi connectivity index (χ3n) is 3.98. The number of nitrogens with one attached hydrogen (secondary N) is 1. The zero-order valence-corrected chi connectivity index (χ0v) is 18.5. The summed E-state index contributed by atoms with van der Waals surface area (Å²) in [6, 6.07) is 9.29. The third-order valence-corrected chi connectivity index (χ3v) is 4.60. The van der Waals surface area contributed by atoms with Crippen LogP contribution in [-0.4, -0.2) is 40.1 Å². The van der Waals surface area contributed by atoms with Crippen LogP contribution in [0.2, 0.25) is 0 Å². The normalized spacial score (nSPS) is 10.7. The molecular weight excluding hydrogens is 440 g/mol. The minimum atomic E-state index is -0.377. The van der Waals surface area contributed by atoms with E-state index in [-0.39, 0.29) is 12.5 Å². The number of nitrogens with zero attached hydrogens (tertiary/aromatic N) is 1. The topological polar surface area (TPSA) is 78.4 Å². The minimum absolute atomic E-state index is 0.154. The number of aryl methyl sites for hydroxylation is 1. The van der Waals surface area contributed by atoms with Crippen LogP contribution in [0.25, 0.3) is 0 Å². The molecule has 0 atom stereocenters. The van der Waals surface area contributed by atoms with Gasteiger partial charge in [-0.1, -0.05) is 19.4 Å². The fourth-order valence-electron chi connectivity index (χ4n) is 2.64. The molecule has 1 N–H and O–H groups in total. The van der Waals surface area contributed by atoms with Crippen molar-refractivity contribution in [3.05, 3.63) is 45.9 Å². The van der Waals surface area contributed by atoms with E-state index in [2.05, 4.69) is 33.4 Å². The van der Waals surface area contributed by atoms with Gasteiger partial charge >= 0.3 is 0 Å². The third kappa shape index (κ3) is 6.39. The molecule has 0 heterocycles. The highest BCUT2D eigenvalue weighted by molar-refractivity contribution is 9.10. The first kappa shape index (κ1) is 22.5. The molecule has 0 bridgehead atoms. The van der Waals surface area contributed by atoms with Gasteiger partial charge in [0.2, 0.25) is 5.75 Å². The van der Waals surface area contributed by atoms with Crippen molar-refractivity contribution in [3.63, 3.8) is 0 Å². The van der Waals surface area contributed by atoms with E-state index in [0.29, 0.717) is 28.6 Å². The van der Waals surface area contributed by atoms with Crippen LogP contribution in [0.1, 0.15) is 24.5 Å². The van der Waals surface area contributed by atoms with Gasteiger partial charge in [0.15, 0.2) is 18.1 Å². The Labute approximate surface area is 179 Å². The Morgan fingerprint density at radius 3 is 2.31 bits per heavy atom. The van der Waals surface area contributed by atoms with Gasteiger partial charge in [-0.25, -0.2) is 5.43 Å². The monoisotopic (exact) mass is 464 g/mol. The summed E-state index contributed by atoms with van der Waals surface area (Å²) in [5, 5.41) is 3.95. The van der Waals surface area contributed by atoms with E-state index < -0.39 is 0 Å². The zero-order chi connectivity index (χ0) is 21.2. The summed E-state index contributed by atoms with van der Waals surface area (Å²) >= 11 is 3.47. The molecule has 7 nitrogen and oxygen atoms in total. The van der Waals surface area contributed by atoms with E-state index in [1.165, 1.54) is 33.1 Å². The molecule has 2 aromatic carbocycles. The van der Waals surface area contributed by atoms with Gasteiger partial charge in [-0.15, -0.1) is 0 Å². The van der Waals surface area contributed by atoms with Gasteiger partial charge in [-0.2, -0.15) is 5.10 Å². The summed E-state index contributed by atoms with van der Waals surface area (Å²) < 4.78 is 22.2. The summed E-state index contributed by atoms with van der Waals surface area (Å²) in [6.07, 6.45) is 3.55. The summed E-state index contributed by atoms with van der Waals surface area (Å²) in [4.78, 5) is 12.0. The fourth-order valence-corrected chi connectivity index (χ4v) is 3.18. The lowest BCUT2D eigenvalue weighted by Crippen LogP contribution is -2.24. The van der Waals surface area contributed by atoms with Gasteiger partial charge in [0, 0.05) is 5.56 Å². The predicted molar refractivity (Wildman–Crippen MR) is 115 cm³/mol. The number of benzene rings is 2. The van der Waals surface area contributed by atoms with Gasteiger partial charge in [-0.3, -0.25) is 4.79 Å². The second-order valence-corrected chi connectivity index (χ2v) is 6.91. The number of hydrazone groups is 1. The van der Waals surface area contributed by atoms with Crippen molar-refractivity contribution in [2.75, 3.05) is 27.9 Å². The molecule has 0 aliphatic carbocycles. The Bertz CT molecular complexity index is 845. The molecule has 0 saturated heterocycles. The molecule has 0 fully saturated rings. The van der Waals surface area contributed by atoms with Crippen LogP contribution in [0.5, 0.6) is 23.0 Å². The van der Waals surface area contributed by atoms with Crippen molar-refractivity contribution in [2.45, 2.75) is 19.8 Å². The number of carbonyl (C=O) groups is 1. The highest BCUT2D eigenvalue weighted by Gasteiger charge is 2.12. The Morgan fingerprint density at radius 1 is 1.07 bits per heavy atom. The van der Waals surface area contributed by atoms with Gasteiger partial charge < -0.3 is 18.9 Å². The van der Waals surface area contributed by atoms with Crippen LogP contribution in [0, 0.1) is 0 Å². The summed E-state index contributed by atoms with van der Waals surface area (Å²) in [5.41, 5.74) is 4.32. The van der Waals surface area contributed by atoms with Crippen LogP contribution in [0.3, 0.4) is 0 Å². The van der Waals surface area contributed by atoms with E-state index in [0.717, 1.165) is 17.3 Å². The molecular formula is C21H25BrN2O5. The maximum atomic E-state index is 12.0. The van der Waals surface area contributed by atoms with E-state index in [1.807, 2.05) is 18.2 Å². The fraction of sp³-hybridized carbons (Fsp3) is 0.333. The lowest BCUT2D eigenvalue weighted by molar-refractivity contribution is -0.123. The van der Waals surface area contributed by atoms with Crippen LogP contribution >= 0.6 is 15.9 Å². The lowest BCUT2D eigenvalue weighted by atomic mass is 10.1. The van der Waals surface area contributed by atoms with Crippen LogP contribution in [-0.2, 0) is 11.2 Å². The molecule has 0 aromatic heterocycles. The standard InChI is InChI=1S/C21H25BrN2O5/c1-5-6-14-7-8-17(16(22)9-14)29-13-20(25)24-23-12-15-10-18(26-2)21(28-4)19(11-15)27-3/h7-12H,5-6,13H2,1-4H3,(H,24,25)/b23-12+. The number of carbonyl (C=O) groups excluding carboxylic acids is 1. The molecule has 0 spiro atoms. The number of halogens is 1. The van der Waals surface area contributed by atoms with Crippen LogP contribution in [0.15, 0.2) is 39.9 Å². The average molecular weight is 465 g/mol. The molecule has 0 saturated carbocycles. The van der Waals surface area contributed by atoms with Crippen molar-refractivity contribution < 1.29 is 23.7 Å². The zero-order valence-electron chi connectivity index (χ0n) is 17.0. The largest absolute Gasteiger partial charge is 0.493 e. The first-order chi connectivity index (χ1) is 14.0. The first-order valence-corrected chi connectivity index (χ1v) is 9.84. The highest BCUT2D eigenvalue weighted by Crippen LogP contribution is 2.37. The molecule has 0 aliphatic heterocycles. The second-order valence-electron chi connectivity index (χ2n) is 6.06. The van der Waals surface area contributed by atoms with Gasteiger partial charge in [0.05, 0.1) is 32.0 Å². The molecule has 29 heavy (non-hydrogen) atoms. The Balaban J connectivity index is 1.94. The first-order valence-electron chi connectivity index (χ1n) is 9.05. The summed E-state index contributed by atoms with van der Waals surface area (Å²) in [5.74, 6) is 1.71. The molecule has 2 rings (SSSR count). The summed E-state index contributed by atoms with van der Waals surface area (Å²) in [7, 11) is 4.60. The number of rotatable bonds is 10. The number of methoxy groups -OCH3 is 3. The molecule has 8 heteroatoms. The Hall–Kier alpha value is -2.74. The SMILES string of the molecule is CCCc1ccc(OCC(=O)N/N=C/c2cc(OC)c(OC)c(OC)c2)c(Br)c1. The Kier molecular flexibility index (Phi) is 8.79. The Morgan fingerprint density at radius 2 is 1.76 bits per heavy atom.